The maximum Gasteiger partial charge on any atom is 0.341 e. The first-order chi connectivity index (χ1) is 12.6. The predicted molar refractivity (Wildman–Crippen MR) is 117 cm³/mol. The van der Waals surface area contributed by atoms with Gasteiger partial charge in [0.25, 0.3) is 0 Å². The number of halogens is 3. The van der Waals surface area contributed by atoms with Crippen molar-refractivity contribution < 1.29 is 9.47 Å². The third-order valence-electron chi connectivity index (χ3n) is 4.19. The molecule has 0 aromatic heterocycles. The largest absolute Gasteiger partial charge is 0.494 e. The Labute approximate surface area is 174 Å². The summed E-state index contributed by atoms with van der Waals surface area (Å²) in [4.78, 5) is 0. The van der Waals surface area contributed by atoms with Crippen LogP contribution in [0.15, 0.2) is 30.3 Å². The molecule has 6 heteroatoms. The van der Waals surface area contributed by atoms with E-state index in [0.29, 0.717) is 6.61 Å². The van der Waals surface area contributed by atoms with Gasteiger partial charge < -0.3 is 9.47 Å². The first-order valence-electron chi connectivity index (χ1n) is 9.90. The molecule has 1 rings (SSSR count). The first-order valence-corrected chi connectivity index (χ1v) is 15.1. The smallest absolute Gasteiger partial charge is 0.341 e. The number of hydrogen-bond acceptors (Lipinski definition) is 2. The van der Waals surface area contributed by atoms with Crippen molar-refractivity contribution in [3.05, 3.63) is 30.3 Å². The van der Waals surface area contributed by atoms with Crippen LogP contribution in [-0.2, 0) is 4.74 Å². The minimum Gasteiger partial charge on any atom is -0.494 e. The molecule has 0 N–H and O–H groups in total. The second kappa shape index (κ2) is 16.1. The van der Waals surface area contributed by atoms with Gasteiger partial charge in [-0.05, 0) is 24.6 Å². The zero-order valence-electron chi connectivity index (χ0n) is 15.7. The first kappa shape index (κ1) is 24.1. The second-order valence-electron chi connectivity index (χ2n) is 6.67. The Bertz CT molecular complexity index is 427. The lowest BCUT2D eigenvalue weighted by Crippen LogP contribution is -2.07. The maximum atomic E-state index is 5.87. The molecule has 150 valence electrons. The highest BCUT2D eigenvalue weighted by atomic mass is 35.8. The highest BCUT2D eigenvalue weighted by Gasteiger charge is 2.23. The van der Waals surface area contributed by atoms with Gasteiger partial charge in [0.1, 0.15) is 5.75 Å². The van der Waals surface area contributed by atoms with E-state index in [4.69, 9.17) is 42.7 Å². The lowest BCUT2D eigenvalue weighted by molar-refractivity contribution is 0.115. The van der Waals surface area contributed by atoms with E-state index in [1.165, 1.54) is 44.9 Å². The third-order valence-corrected chi connectivity index (χ3v) is 6.82. The van der Waals surface area contributed by atoms with Gasteiger partial charge in [0.2, 0.25) is 0 Å². The molecule has 0 aliphatic carbocycles. The van der Waals surface area contributed by atoms with Gasteiger partial charge in [0.15, 0.2) is 0 Å². The van der Waals surface area contributed by atoms with Crippen LogP contribution >= 0.6 is 33.2 Å². The summed E-state index contributed by atoms with van der Waals surface area (Å²) in [6.07, 6.45) is 12.2. The molecule has 1 aromatic rings. The Morgan fingerprint density at radius 3 is 1.77 bits per heavy atom. The molecule has 26 heavy (non-hydrogen) atoms. The van der Waals surface area contributed by atoms with Crippen LogP contribution in [0.1, 0.15) is 64.2 Å². The van der Waals surface area contributed by atoms with Crippen LogP contribution < -0.4 is 4.74 Å². The zero-order chi connectivity index (χ0) is 18.9. The zero-order valence-corrected chi connectivity index (χ0v) is 19.0. The fraction of sp³-hybridized carbons (Fsp3) is 0.700. The summed E-state index contributed by atoms with van der Waals surface area (Å²) in [5, 5.41) is 0. The standard InChI is InChI=1S/C20H33Cl3O2Si/c21-26(22,23)19-12-7-5-3-1-2-4-6-11-16-24-17-13-18-25-20-14-9-8-10-15-20/h8-10,14-15H,1-7,11-13,16-19H2. The molecule has 0 heterocycles. The number of benzene rings is 1. The molecule has 0 bridgehead atoms. The number of ether oxygens (including phenoxy) is 2. The minimum absolute atomic E-state index is 0.716. The van der Waals surface area contributed by atoms with Crippen molar-refractivity contribution >= 4 is 39.2 Å². The summed E-state index contributed by atoms with van der Waals surface area (Å²) in [7, 11) is 0. The van der Waals surface area contributed by atoms with Gasteiger partial charge in [-0.15, -0.1) is 33.2 Å². The Morgan fingerprint density at radius 1 is 0.615 bits per heavy atom. The van der Waals surface area contributed by atoms with Crippen LogP contribution in [0.25, 0.3) is 0 Å². The van der Waals surface area contributed by atoms with Crippen LogP contribution in [0, 0.1) is 0 Å². The molecule has 0 amide bonds. The van der Waals surface area contributed by atoms with Crippen LogP contribution in [0.3, 0.4) is 0 Å². The highest BCUT2D eigenvalue weighted by molar-refractivity contribution is 7.64. The summed E-state index contributed by atoms with van der Waals surface area (Å²) in [6.45, 7) is 2.37. The number of para-hydroxylation sites is 1. The molecule has 0 radical (unpaired) electrons. The van der Waals surface area contributed by atoms with E-state index in [0.717, 1.165) is 44.3 Å². The SMILES string of the molecule is Cl[Si](Cl)(Cl)CCCCCCCCCCCOCCCOc1ccccc1. The van der Waals surface area contributed by atoms with Crippen molar-refractivity contribution in [3.8, 4) is 5.75 Å². The summed E-state index contributed by atoms with van der Waals surface area (Å²) >= 11 is 17.6. The second-order valence-corrected chi connectivity index (χ2v) is 16.0. The number of hydrogen-bond donors (Lipinski definition) is 0. The van der Waals surface area contributed by atoms with Gasteiger partial charge in [-0.3, -0.25) is 0 Å². The summed E-state index contributed by atoms with van der Waals surface area (Å²) in [5.41, 5.74) is 0. The molecular weight excluding hydrogens is 407 g/mol. The number of unbranched alkanes of at least 4 members (excludes halogenated alkanes) is 8. The van der Waals surface area contributed by atoms with E-state index in [2.05, 4.69) is 0 Å². The molecule has 0 fully saturated rings. The lowest BCUT2D eigenvalue weighted by Gasteiger charge is -2.07. The van der Waals surface area contributed by atoms with Crippen molar-refractivity contribution in [1.29, 1.82) is 0 Å². The van der Waals surface area contributed by atoms with Crippen molar-refractivity contribution in [3.63, 3.8) is 0 Å². The average molecular weight is 440 g/mol. The lowest BCUT2D eigenvalue weighted by atomic mass is 10.1. The Kier molecular flexibility index (Phi) is 14.9. The molecule has 0 saturated carbocycles. The highest BCUT2D eigenvalue weighted by Crippen LogP contribution is 2.27. The molecule has 0 unspecified atom stereocenters. The van der Waals surface area contributed by atoms with E-state index >= 15 is 0 Å². The molecule has 0 spiro atoms. The molecule has 0 aliphatic rings. The molecule has 0 aliphatic heterocycles. The normalized spacial score (nSPS) is 11.7. The summed E-state index contributed by atoms with van der Waals surface area (Å²) in [5.74, 6) is 0.930. The van der Waals surface area contributed by atoms with Crippen molar-refractivity contribution in [2.45, 2.75) is 70.3 Å². The molecule has 0 saturated heterocycles. The van der Waals surface area contributed by atoms with Gasteiger partial charge in [-0.2, -0.15) is 0 Å². The van der Waals surface area contributed by atoms with Gasteiger partial charge in [0, 0.05) is 19.6 Å². The van der Waals surface area contributed by atoms with Crippen molar-refractivity contribution in [2.24, 2.45) is 0 Å². The summed E-state index contributed by atoms with van der Waals surface area (Å²) in [6, 6.07) is 8.34. The van der Waals surface area contributed by atoms with Crippen LogP contribution in [-0.4, -0.2) is 25.8 Å². The van der Waals surface area contributed by atoms with Crippen LogP contribution in [0.2, 0.25) is 6.04 Å². The Morgan fingerprint density at radius 2 is 1.15 bits per heavy atom. The van der Waals surface area contributed by atoms with Gasteiger partial charge in [-0.25, -0.2) is 0 Å². The minimum atomic E-state index is -2.38. The van der Waals surface area contributed by atoms with Gasteiger partial charge in [0.05, 0.1) is 6.61 Å². The molecule has 1 aromatic carbocycles. The Hall–Kier alpha value is 0.0669. The van der Waals surface area contributed by atoms with E-state index in [9.17, 15) is 0 Å². The van der Waals surface area contributed by atoms with E-state index < -0.39 is 6.00 Å². The Balaban J connectivity index is 1.72. The van der Waals surface area contributed by atoms with Crippen molar-refractivity contribution in [1.82, 2.24) is 0 Å². The van der Waals surface area contributed by atoms with Crippen molar-refractivity contribution in [2.75, 3.05) is 19.8 Å². The van der Waals surface area contributed by atoms with E-state index in [-0.39, 0.29) is 0 Å². The summed E-state index contributed by atoms with van der Waals surface area (Å²) < 4.78 is 11.3. The molecule has 0 atom stereocenters. The quantitative estimate of drug-likeness (QED) is 0.141. The monoisotopic (exact) mass is 438 g/mol. The van der Waals surface area contributed by atoms with Gasteiger partial charge >= 0.3 is 6.00 Å². The topological polar surface area (TPSA) is 18.5 Å². The average Bonchev–Trinajstić information content (AvgIpc) is 2.61. The fourth-order valence-electron chi connectivity index (χ4n) is 2.74. The molecular formula is C20H33Cl3O2Si. The molecule has 2 nitrogen and oxygen atoms in total. The van der Waals surface area contributed by atoms with Crippen LogP contribution in [0.4, 0.5) is 0 Å². The van der Waals surface area contributed by atoms with E-state index in [1.807, 2.05) is 30.3 Å². The fourth-order valence-corrected chi connectivity index (χ4v) is 4.59. The van der Waals surface area contributed by atoms with Crippen LogP contribution in [0.5, 0.6) is 5.75 Å². The number of rotatable bonds is 17. The third kappa shape index (κ3) is 16.3. The maximum absolute atomic E-state index is 5.87. The van der Waals surface area contributed by atoms with Gasteiger partial charge in [-0.1, -0.05) is 69.6 Å². The predicted octanol–water partition coefficient (Wildman–Crippen LogP) is 7.64. The van der Waals surface area contributed by atoms with E-state index in [1.54, 1.807) is 0 Å².